The van der Waals surface area contributed by atoms with Crippen LogP contribution in [-0.4, -0.2) is 30.2 Å². The summed E-state index contributed by atoms with van der Waals surface area (Å²) in [5.41, 5.74) is 0.803. The van der Waals surface area contributed by atoms with Crippen molar-refractivity contribution in [2.45, 2.75) is 13.1 Å². The number of halogens is 1. The summed E-state index contributed by atoms with van der Waals surface area (Å²) in [6.45, 7) is 0.359. The molecular formula is C27H17ClN8O2S. The second-order valence-corrected chi connectivity index (χ2v) is 10.0. The zero-order valence-electron chi connectivity index (χ0n) is 20.1. The lowest BCUT2D eigenvalue weighted by atomic mass is 10.0. The van der Waals surface area contributed by atoms with Gasteiger partial charge in [0.1, 0.15) is 23.4 Å². The molecule has 0 spiro atoms. The van der Waals surface area contributed by atoms with Gasteiger partial charge in [0.15, 0.2) is 5.82 Å². The fourth-order valence-corrected chi connectivity index (χ4v) is 4.93. The number of rotatable bonds is 7. The Morgan fingerprint density at radius 2 is 1.92 bits per heavy atom. The fourth-order valence-electron chi connectivity index (χ4n) is 3.91. The number of hydrogen-bond acceptors (Lipinski definition) is 9. The highest BCUT2D eigenvalue weighted by Crippen LogP contribution is 2.32. The minimum absolute atomic E-state index is 0.0142. The smallest absolute Gasteiger partial charge is 0.280 e. The Hall–Kier alpha value is -5.10. The zero-order chi connectivity index (χ0) is 27.4. The number of hydrogen-bond donors (Lipinski definition) is 1. The van der Waals surface area contributed by atoms with Crippen LogP contribution in [0.3, 0.4) is 0 Å². The molecule has 0 radical (unpaired) electrons. The van der Waals surface area contributed by atoms with E-state index in [4.69, 9.17) is 11.6 Å². The predicted molar refractivity (Wildman–Crippen MR) is 145 cm³/mol. The maximum atomic E-state index is 13.5. The first-order valence-electron chi connectivity index (χ1n) is 11.5. The topological polar surface area (TPSA) is 142 Å². The van der Waals surface area contributed by atoms with E-state index in [0.717, 1.165) is 9.56 Å². The lowest BCUT2D eigenvalue weighted by molar-refractivity contribution is 0.0948. The maximum absolute atomic E-state index is 13.5. The van der Waals surface area contributed by atoms with E-state index in [1.165, 1.54) is 46.8 Å². The molecule has 39 heavy (non-hydrogen) atoms. The third-order valence-corrected chi connectivity index (χ3v) is 6.95. The number of thiophene rings is 1. The molecule has 5 aromatic rings. The molecule has 0 aliphatic carbocycles. The molecule has 0 fully saturated rings. The summed E-state index contributed by atoms with van der Waals surface area (Å²) < 4.78 is 3.06. The molecule has 1 aromatic carbocycles. The standard InChI is InChI=1S/C27H17ClN8O2S/c28-23-7-6-20(39-23)14-33-26-21(12-30)25(34-36(26)27(38)17-4-2-1-3-5-17)22-16-35(24(37)10-18(22)11-29)15-19-13-31-8-9-32-19/h1-10,13,16,33H,14-15H2. The van der Waals surface area contributed by atoms with E-state index < -0.39 is 11.5 Å². The average Bonchev–Trinajstić information content (AvgIpc) is 3.56. The van der Waals surface area contributed by atoms with Gasteiger partial charge >= 0.3 is 0 Å². The van der Waals surface area contributed by atoms with Crippen molar-refractivity contribution >= 4 is 34.7 Å². The Morgan fingerprint density at radius 1 is 1.10 bits per heavy atom. The van der Waals surface area contributed by atoms with Gasteiger partial charge in [-0.3, -0.25) is 19.6 Å². The van der Waals surface area contributed by atoms with Gasteiger partial charge in [-0.05, 0) is 24.3 Å². The summed E-state index contributed by atoms with van der Waals surface area (Å²) in [4.78, 5) is 35.4. The van der Waals surface area contributed by atoms with Gasteiger partial charge in [-0.1, -0.05) is 29.8 Å². The number of benzene rings is 1. The van der Waals surface area contributed by atoms with E-state index in [-0.39, 0.29) is 41.3 Å². The number of carbonyl (C=O) groups is 1. The number of nitrogens with one attached hydrogen (secondary N) is 1. The number of nitrogens with zero attached hydrogens (tertiary/aromatic N) is 7. The third kappa shape index (κ3) is 5.31. The molecule has 0 bridgehead atoms. The quantitative estimate of drug-likeness (QED) is 0.315. The Labute approximate surface area is 231 Å². The molecule has 1 N–H and O–H groups in total. The van der Waals surface area contributed by atoms with Crippen LogP contribution in [-0.2, 0) is 13.1 Å². The Morgan fingerprint density at radius 3 is 2.59 bits per heavy atom. The summed E-state index contributed by atoms with van der Waals surface area (Å²) in [6.07, 6.45) is 6.00. The summed E-state index contributed by atoms with van der Waals surface area (Å²) >= 11 is 7.42. The Bertz CT molecular complexity index is 1810. The molecule has 190 valence electrons. The van der Waals surface area contributed by atoms with Crippen molar-refractivity contribution in [3.8, 4) is 23.4 Å². The van der Waals surface area contributed by atoms with E-state index in [1.54, 1.807) is 36.4 Å². The molecular weight excluding hydrogens is 536 g/mol. The monoisotopic (exact) mass is 552 g/mol. The van der Waals surface area contributed by atoms with Gasteiger partial charge in [0.2, 0.25) is 0 Å². The first-order chi connectivity index (χ1) is 19.0. The molecule has 0 amide bonds. The molecule has 4 heterocycles. The molecule has 5 rings (SSSR count). The van der Waals surface area contributed by atoms with Crippen molar-refractivity contribution in [1.82, 2.24) is 24.3 Å². The molecule has 0 atom stereocenters. The van der Waals surface area contributed by atoms with E-state index >= 15 is 0 Å². The molecule has 0 aliphatic rings. The Balaban J connectivity index is 1.66. The van der Waals surface area contributed by atoms with Crippen molar-refractivity contribution in [2.75, 3.05) is 5.32 Å². The normalized spacial score (nSPS) is 10.5. The Kier molecular flexibility index (Phi) is 7.28. The van der Waals surface area contributed by atoms with Crippen molar-refractivity contribution in [3.05, 3.63) is 115 Å². The number of anilines is 1. The van der Waals surface area contributed by atoms with Crippen LogP contribution in [0.15, 0.2) is 78.1 Å². The SMILES string of the molecule is N#Cc1cc(=O)n(Cc2cnccn2)cc1-c1nn(C(=O)c2ccccc2)c(NCc2ccc(Cl)s2)c1C#N. The number of aromatic nitrogens is 5. The van der Waals surface area contributed by atoms with E-state index in [0.29, 0.717) is 15.6 Å². The minimum atomic E-state index is -0.476. The van der Waals surface area contributed by atoms with Crippen molar-refractivity contribution in [3.63, 3.8) is 0 Å². The number of nitriles is 2. The van der Waals surface area contributed by atoms with Crippen LogP contribution in [0, 0.1) is 22.7 Å². The molecule has 0 unspecified atom stereocenters. The summed E-state index contributed by atoms with van der Waals surface area (Å²) in [7, 11) is 0. The lowest BCUT2D eigenvalue weighted by Gasteiger charge is -2.09. The minimum Gasteiger partial charge on any atom is -0.364 e. The largest absolute Gasteiger partial charge is 0.364 e. The average molecular weight is 553 g/mol. The highest BCUT2D eigenvalue weighted by atomic mass is 35.5. The molecule has 0 aliphatic heterocycles. The van der Waals surface area contributed by atoms with Gasteiger partial charge in [0, 0.05) is 40.7 Å². The molecule has 0 saturated heterocycles. The second-order valence-electron chi connectivity index (χ2n) is 8.20. The molecule has 0 saturated carbocycles. The first kappa shape index (κ1) is 25.5. The van der Waals surface area contributed by atoms with Crippen LogP contribution in [0.1, 0.15) is 32.1 Å². The van der Waals surface area contributed by atoms with Gasteiger partial charge in [-0.2, -0.15) is 20.3 Å². The predicted octanol–water partition coefficient (Wildman–Crippen LogP) is 4.31. The molecule has 10 nitrogen and oxygen atoms in total. The van der Waals surface area contributed by atoms with Crippen LogP contribution in [0.25, 0.3) is 11.3 Å². The summed E-state index contributed by atoms with van der Waals surface area (Å²) in [5, 5.41) is 27.7. The van der Waals surface area contributed by atoms with Crippen LogP contribution in [0.2, 0.25) is 4.34 Å². The number of pyridine rings is 1. The molecule has 12 heteroatoms. The maximum Gasteiger partial charge on any atom is 0.280 e. The van der Waals surface area contributed by atoms with E-state index in [9.17, 15) is 20.1 Å². The van der Waals surface area contributed by atoms with Gasteiger partial charge in [-0.15, -0.1) is 11.3 Å². The summed E-state index contributed by atoms with van der Waals surface area (Å²) in [6, 6.07) is 17.4. The van der Waals surface area contributed by atoms with Gasteiger partial charge < -0.3 is 9.88 Å². The fraction of sp³-hybridized carbons (Fsp3) is 0.0741. The number of carbonyl (C=O) groups excluding carboxylic acids is 1. The van der Waals surface area contributed by atoms with Gasteiger partial charge in [-0.25, -0.2) is 0 Å². The van der Waals surface area contributed by atoms with Gasteiger partial charge in [0.05, 0.1) is 34.9 Å². The third-order valence-electron chi connectivity index (χ3n) is 5.72. The molecule has 4 aromatic heterocycles. The van der Waals surface area contributed by atoms with Crippen molar-refractivity contribution in [2.24, 2.45) is 0 Å². The van der Waals surface area contributed by atoms with Crippen LogP contribution in [0.4, 0.5) is 5.82 Å². The van der Waals surface area contributed by atoms with E-state index in [1.807, 2.05) is 12.1 Å². The highest BCUT2D eigenvalue weighted by molar-refractivity contribution is 7.16. The van der Waals surface area contributed by atoms with Crippen molar-refractivity contribution < 1.29 is 4.79 Å². The van der Waals surface area contributed by atoms with Crippen molar-refractivity contribution in [1.29, 1.82) is 10.5 Å². The van der Waals surface area contributed by atoms with E-state index in [2.05, 4.69) is 26.5 Å². The van der Waals surface area contributed by atoms with Crippen LogP contribution in [0.5, 0.6) is 0 Å². The van der Waals surface area contributed by atoms with Crippen LogP contribution >= 0.6 is 22.9 Å². The van der Waals surface area contributed by atoms with Gasteiger partial charge in [0.25, 0.3) is 11.5 Å². The summed E-state index contributed by atoms with van der Waals surface area (Å²) in [5.74, 6) is -0.321. The first-order valence-corrected chi connectivity index (χ1v) is 12.7. The highest BCUT2D eigenvalue weighted by Gasteiger charge is 2.26. The second kappa shape index (κ2) is 11.1. The van der Waals surface area contributed by atoms with Crippen LogP contribution < -0.4 is 10.9 Å². The zero-order valence-corrected chi connectivity index (χ0v) is 21.6. The lowest BCUT2D eigenvalue weighted by Crippen LogP contribution is -2.21.